The molecule has 0 spiro atoms. The fourth-order valence-electron chi connectivity index (χ4n) is 6.00. The summed E-state index contributed by atoms with van der Waals surface area (Å²) in [5.41, 5.74) is 8.55. The maximum atomic E-state index is 11.9. The van der Waals surface area contributed by atoms with Gasteiger partial charge in [-0.15, -0.1) is 0 Å². The molecule has 3 heterocycles. The van der Waals surface area contributed by atoms with Crippen LogP contribution in [-0.4, -0.2) is 34.0 Å². The summed E-state index contributed by atoms with van der Waals surface area (Å²) in [6, 6.07) is 10.9. The number of hydrogen-bond donors (Lipinski definition) is 2. The SMILES string of the molecule is NCCc1cc(=O)[nH]c(-c2ccc(CN3CC4C[C@@H]5CC3C[C@H](C4)C5)cc2)n1. The normalized spacial score (nSPS) is 29.2. The Bertz CT molecular complexity index is 876. The third-order valence-corrected chi connectivity index (χ3v) is 7.03. The van der Waals surface area contributed by atoms with E-state index in [1.807, 2.05) is 0 Å². The summed E-state index contributed by atoms with van der Waals surface area (Å²) in [6.07, 6.45) is 7.84. The minimum atomic E-state index is -0.118. The Balaban J connectivity index is 1.33. The number of nitrogens with one attached hydrogen (secondary N) is 1. The van der Waals surface area contributed by atoms with E-state index in [1.54, 1.807) is 0 Å². The summed E-state index contributed by atoms with van der Waals surface area (Å²) in [5.74, 6) is 3.51. The van der Waals surface area contributed by atoms with Gasteiger partial charge in [0.25, 0.3) is 5.56 Å². The number of aromatic amines is 1. The maximum absolute atomic E-state index is 11.9. The molecule has 1 aromatic carbocycles. The Kier molecular flexibility index (Phi) is 4.81. The van der Waals surface area contributed by atoms with E-state index in [0.29, 0.717) is 18.8 Å². The number of rotatable bonds is 5. The van der Waals surface area contributed by atoms with Gasteiger partial charge in [-0.2, -0.15) is 0 Å². The minimum absolute atomic E-state index is 0.118. The number of H-pyrrole nitrogens is 1. The van der Waals surface area contributed by atoms with Crippen LogP contribution in [0.5, 0.6) is 0 Å². The zero-order chi connectivity index (χ0) is 19.1. The molecule has 28 heavy (non-hydrogen) atoms. The Morgan fingerprint density at radius 1 is 1.04 bits per heavy atom. The van der Waals surface area contributed by atoms with Crippen molar-refractivity contribution in [2.24, 2.45) is 23.5 Å². The highest BCUT2D eigenvalue weighted by molar-refractivity contribution is 5.55. The van der Waals surface area contributed by atoms with Gasteiger partial charge in [0, 0.05) is 42.9 Å². The molecule has 0 radical (unpaired) electrons. The van der Waals surface area contributed by atoms with Gasteiger partial charge in [-0.3, -0.25) is 9.69 Å². The molecular formula is C23H30N4O. The zero-order valence-electron chi connectivity index (χ0n) is 16.4. The fraction of sp³-hybridized carbons (Fsp3) is 0.565. The van der Waals surface area contributed by atoms with Gasteiger partial charge in [-0.1, -0.05) is 24.3 Å². The van der Waals surface area contributed by atoms with Crippen molar-refractivity contribution in [2.45, 2.75) is 51.1 Å². The minimum Gasteiger partial charge on any atom is -0.330 e. The summed E-state index contributed by atoms with van der Waals surface area (Å²) in [5, 5.41) is 0. The molecule has 6 rings (SSSR count). The van der Waals surface area contributed by atoms with Crippen molar-refractivity contribution in [3.8, 4) is 11.4 Å². The van der Waals surface area contributed by atoms with E-state index in [4.69, 9.17) is 5.73 Å². The quantitative estimate of drug-likeness (QED) is 0.839. The molecule has 3 N–H and O–H groups in total. The lowest BCUT2D eigenvalue weighted by Gasteiger charge is -2.39. The standard InChI is InChI=1S/C23H30N4O/c24-6-5-20-12-22(28)26-23(25-20)19-3-1-15(2-4-19)13-27-14-18-8-16-7-17(9-18)11-21(27)10-16/h1-4,12,16-18,21H,5-11,13-14,24H2,(H,25,26,28)/t16-,17+,18?,21?. The van der Waals surface area contributed by atoms with Crippen molar-refractivity contribution in [2.75, 3.05) is 13.1 Å². The molecule has 2 aliphatic heterocycles. The molecule has 2 unspecified atom stereocenters. The molecule has 4 aliphatic rings. The number of nitrogens with zero attached hydrogens (tertiary/aromatic N) is 2. The summed E-state index contributed by atoms with van der Waals surface area (Å²) >= 11 is 0. The predicted octanol–water partition coefficient (Wildman–Crippen LogP) is 2.95. The lowest BCUT2D eigenvalue weighted by Crippen LogP contribution is -2.37. The first-order chi connectivity index (χ1) is 13.7. The lowest BCUT2D eigenvalue weighted by atomic mass is 9.68. The summed E-state index contributed by atoms with van der Waals surface area (Å²) in [7, 11) is 0. The average molecular weight is 379 g/mol. The monoisotopic (exact) mass is 378 g/mol. The highest BCUT2D eigenvalue weighted by atomic mass is 16.1. The Morgan fingerprint density at radius 3 is 2.46 bits per heavy atom. The summed E-state index contributed by atoms with van der Waals surface area (Å²) < 4.78 is 0. The first-order valence-electron chi connectivity index (χ1n) is 10.8. The Hall–Kier alpha value is -1.98. The molecule has 1 aromatic heterocycles. The zero-order valence-corrected chi connectivity index (χ0v) is 16.4. The van der Waals surface area contributed by atoms with Crippen LogP contribution in [0, 0.1) is 17.8 Å². The van der Waals surface area contributed by atoms with Crippen LogP contribution in [-0.2, 0) is 13.0 Å². The fourth-order valence-corrected chi connectivity index (χ4v) is 6.00. The van der Waals surface area contributed by atoms with E-state index in [-0.39, 0.29) is 5.56 Å². The highest BCUT2D eigenvalue weighted by Crippen LogP contribution is 2.47. The van der Waals surface area contributed by atoms with Crippen LogP contribution in [0.1, 0.15) is 43.4 Å². The van der Waals surface area contributed by atoms with Crippen molar-refractivity contribution < 1.29 is 0 Å². The molecule has 5 nitrogen and oxygen atoms in total. The molecule has 2 aliphatic carbocycles. The largest absolute Gasteiger partial charge is 0.330 e. The summed E-state index contributed by atoms with van der Waals surface area (Å²) in [4.78, 5) is 22.1. The smallest absolute Gasteiger partial charge is 0.251 e. The maximum Gasteiger partial charge on any atom is 0.251 e. The molecule has 5 heteroatoms. The second kappa shape index (κ2) is 7.45. The Labute approximate surface area is 166 Å². The van der Waals surface area contributed by atoms with Crippen LogP contribution in [0.2, 0.25) is 0 Å². The number of aromatic nitrogens is 2. The first kappa shape index (κ1) is 18.1. The third-order valence-electron chi connectivity index (χ3n) is 7.03. The van der Waals surface area contributed by atoms with Gasteiger partial charge in [0.1, 0.15) is 5.82 Å². The van der Waals surface area contributed by atoms with Gasteiger partial charge in [-0.25, -0.2) is 4.98 Å². The predicted molar refractivity (Wildman–Crippen MR) is 111 cm³/mol. The second-order valence-electron chi connectivity index (χ2n) is 9.18. The molecule has 4 bridgehead atoms. The van der Waals surface area contributed by atoms with Gasteiger partial charge in [0.15, 0.2) is 0 Å². The molecule has 2 aromatic rings. The number of fused-ring (bicyclic) bond motifs is 1. The van der Waals surface area contributed by atoms with E-state index in [9.17, 15) is 4.79 Å². The van der Waals surface area contributed by atoms with Crippen LogP contribution in [0.15, 0.2) is 35.1 Å². The van der Waals surface area contributed by atoms with Gasteiger partial charge < -0.3 is 10.7 Å². The molecular weight excluding hydrogens is 348 g/mol. The Morgan fingerprint density at radius 2 is 1.75 bits per heavy atom. The van der Waals surface area contributed by atoms with Gasteiger partial charge >= 0.3 is 0 Å². The lowest BCUT2D eigenvalue weighted by molar-refractivity contribution is 0.122. The molecule has 4 atom stereocenters. The van der Waals surface area contributed by atoms with Crippen molar-refractivity contribution in [1.82, 2.24) is 14.9 Å². The first-order valence-corrected chi connectivity index (χ1v) is 10.8. The van der Waals surface area contributed by atoms with Gasteiger partial charge in [0.2, 0.25) is 0 Å². The van der Waals surface area contributed by atoms with E-state index in [0.717, 1.165) is 41.6 Å². The van der Waals surface area contributed by atoms with Crippen LogP contribution in [0.3, 0.4) is 0 Å². The van der Waals surface area contributed by atoms with Crippen LogP contribution >= 0.6 is 0 Å². The number of nitrogens with two attached hydrogens (primary N) is 1. The topological polar surface area (TPSA) is 75.0 Å². The van der Waals surface area contributed by atoms with E-state index < -0.39 is 0 Å². The van der Waals surface area contributed by atoms with E-state index in [2.05, 4.69) is 39.1 Å². The van der Waals surface area contributed by atoms with Crippen molar-refractivity contribution in [1.29, 1.82) is 0 Å². The van der Waals surface area contributed by atoms with Crippen molar-refractivity contribution >= 4 is 0 Å². The van der Waals surface area contributed by atoms with Gasteiger partial charge in [-0.05, 0) is 62.0 Å². The van der Waals surface area contributed by atoms with E-state index >= 15 is 0 Å². The van der Waals surface area contributed by atoms with Crippen LogP contribution < -0.4 is 11.3 Å². The number of hydrogen-bond acceptors (Lipinski definition) is 4. The highest BCUT2D eigenvalue weighted by Gasteiger charge is 2.42. The van der Waals surface area contributed by atoms with Crippen molar-refractivity contribution in [3.05, 3.63) is 51.9 Å². The third kappa shape index (κ3) is 3.65. The molecule has 4 fully saturated rings. The molecule has 2 saturated carbocycles. The molecule has 148 valence electrons. The van der Waals surface area contributed by atoms with E-state index in [1.165, 1.54) is 50.3 Å². The number of benzene rings is 1. The van der Waals surface area contributed by atoms with Crippen molar-refractivity contribution in [3.63, 3.8) is 0 Å². The van der Waals surface area contributed by atoms with Crippen LogP contribution in [0.25, 0.3) is 11.4 Å². The second-order valence-corrected chi connectivity index (χ2v) is 9.18. The molecule has 0 amide bonds. The van der Waals surface area contributed by atoms with Crippen LogP contribution in [0.4, 0.5) is 0 Å². The molecule has 2 saturated heterocycles. The summed E-state index contributed by atoms with van der Waals surface area (Å²) in [6.45, 7) is 2.81. The average Bonchev–Trinajstić information content (AvgIpc) is 2.85. The van der Waals surface area contributed by atoms with Gasteiger partial charge in [0.05, 0.1) is 0 Å².